The van der Waals surface area contributed by atoms with Crippen LogP contribution in [0, 0.1) is 0 Å². The number of aromatic nitrogens is 2. The van der Waals surface area contributed by atoms with E-state index in [-0.39, 0.29) is 0 Å². The summed E-state index contributed by atoms with van der Waals surface area (Å²) >= 11 is 0. The molecule has 0 aliphatic heterocycles. The Morgan fingerprint density at radius 3 is 2.85 bits per heavy atom. The predicted molar refractivity (Wildman–Crippen MR) is 51.3 cm³/mol. The van der Waals surface area contributed by atoms with Gasteiger partial charge in [-0.3, -0.25) is 4.68 Å². The fourth-order valence-corrected chi connectivity index (χ4v) is 1.33. The Bertz CT molecular complexity index is 266. The Balaban J connectivity index is 3.03. The molecule has 1 aromatic heterocycles. The second-order valence-corrected chi connectivity index (χ2v) is 3.17. The molecule has 2 N–H and O–H groups in total. The third kappa shape index (κ3) is 1.73. The number of nitrogens with two attached hydrogens (primary N) is 1. The summed E-state index contributed by atoms with van der Waals surface area (Å²) in [7, 11) is 1.67. The molecule has 0 aromatic carbocycles. The lowest BCUT2D eigenvalue weighted by Crippen LogP contribution is -2.36. The van der Waals surface area contributed by atoms with Gasteiger partial charge in [0.25, 0.3) is 0 Å². The van der Waals surface area contributed by atoms with Crippen LogP contribution < -0.4 is 5.73 Å². The molecular weight excluding hydrogens is 166 g/mol. The molecule has 1 unspecified atom stereocenters. The average molecular weight is 183 g/mol. The Kier molecular flexibility index (Phi) is 3.06. The van der Waals surface area contributed by atoms with Crippen molar-refractivity contribution in [1.29, 1.82) is 0 Å². The molecule has 0 fully saturated rings. The van der Waals surface area contributed by atoms with Gasteiger partial charge < -0.3 is 10.5 Å². The maximum absolute atomic E-state index is 5.67. The molecule has 13 heavy (non-hydrogen) atoms. The standard InChI is InChI=1S/C9H17N3O/c1-4-12-8(5-6-11-12)9(2,7-10)13-3/h5-6H,4,7,10H2,1-3H3. The van der Waals surface area contributed by atoms with Crippen LogP contribution in [-0.2, 0) is 16.9 Å². The van der Waals surface area contributed by atoms with Gasteiger partial charge in [-0.1, -0.05) is 0 Å². The fourth-order valence-electron chi connectivity index (χ4n) is 1.33. The van der Waals surface area contributed by atoms with E-state index in [1.54, 1.807) is 13.3 Å². The lowest BCUT2D eigenvalue weighted by atomic mass is 10.0. The van der Waals surface area contributed by atoms with Gasteiger partial charge in [-0.05, 0) is 19.9 Å². The molecule has 1 rings (SSSR count). The van der Waals surface area contributed by atoms with Crippen LogP contribution in [0.3, 0.4) is 0 Å². The zero-order chi connectivity index (χ0) is 9.90. The molecule has 4 nitrogen and oxygen atoms in total. The van der Waals surface area contributed by atoms with Crippen LogP contribution >= 0.6 is 0 Å². The van der Waals surface area contributed by atoms with E-state index in [9.17, 15) is 0 Å². The molecule has 0 saturated heterocycles. The minimum Gasteiger partial charge on any atom is -0.371 e. The van der Waals surface area contributed by atoms with Crippen molar-refractivity contribution in [2.24, 2.45) is 5.73 Å². The second kappa shape index (κ2) is 3.89. The maximum Gasteiger partial charge on any atom is 0.119 e. The topological polar surface area (TPSA) is 53.1 Å². The van der Waals surface area contributed by atoms with Crippen LogP contribution in [0.4, 0.5) is 0 Å². The first-order valence-corrected chi connectivity index (χ1v) is 4.45. The van der Waals surface area contributed by atoms with E-state index in [0.717, 1.165) is 12.2 Å². The molecule has 4 heteroatoms. The zero-order valence-corrected chi connectivity index (χ0v) is 8.45. The number of ether oxygens (including phenoxy) is 1. The van der Waals surface area contributed by atoms with E-state index in [2.05, 4.69) is 5.10 Å². The van der Waals surface area contributed by atoms with Crippen molar-refractivity contribution < 1.29 is 4.74 Å². The molecule has 0 saturated carbocycles. The van der Waals surface area contributed by atoms with Crippen LogP contribution in [0.25, 0.3) is 0 Å². The van der Waals surface area contributed by atoms with E-state index in [0.29, 0.717) is 6.54 Å². The minimum atomic E-state index is -0.424. The predicted octanol–water partition coefficient (Wildman–Crippen LogP) is 0.723. The summed E-state index contributed by atoms with van der Waals surface area (Å²) in [5, 5.41) is 4.18. The molecule has 0 bridgehead atoms. The average Bonchev–Trinajstić information content (AvgIpc) is 2.65. The van der Waals surface area contributed by atoms with Crippen molar-refractivity contribution >= 4 is 0 Å². The smallest absolute Gasteiger partial charge is 0.119 e. The van der Waals surface area contributed by atoms with Crippen LogP contribution in [0.15, 0.2) is 12.3 Å². The highest BCUT2D eigenvalue weighted by Gasteiger charge is 2.27. The minimum absolute atomic E-state index is 0.424. The lowest BCUT2D eigenvalue weighted by Gasteiger charge is -2.26. The van der Waals surface area contributed by atoms with E-state index in [1.807, 2.05) is 24.6 Å². The zero-order valence-electron chi connectivity index (χ0n) is 8.45. The van der Waals surface area contributed by atoms with Gasteiger partial charge in [-0.2, -0.15) is 5.10 Å². The number of hydrogen-bond acceptors (Lipinski definition) is 3. The first-order chi connectivity index (χ1) is 6.18. The highest BCUT2D eigenvalue weighted by Crippen LogP contribution is 2.22. The van der Waals surface area contributed by atoms with Crippen LogP contribution in [0.1, 0.15) is 19.5 Å². The Labute approximate surface area is 78.7 Å². The second-order valence-electron chi connectivity index (χ2n) is 3.17. The Hall–Kier alpha value is -0.870. The van der Waals surface area contributed by atoms with Crippen molar-refractivity contribution in [3.63, 3.8) is 0 Å². The quantitative estimate of drug-likeness (QED) is 0.748. The first-order valence-electron chi connectivity index (χ1n) is 4.45. The Morgan fingerprint density at radius 2 is 2.38 bits per heavy atom. The summed E-state index contributed by atoms with van der Waals surface area (Å²) in [6.07, 6.45) is 1.77. The molecule has 1 aromatic rings. The van der Waals surface area contributed by atoms with Crippen molar-refractivity contribution in [2.75, 3.05) is 13.7 Å². The van der Waals surface area contributed by atoms with Gasteiger partial charge in [0.2, 0.25) is 0 Å². The van der Waals surface area contributed by atoms with Crippen LogP contribution in [0.2, 0.25) is 0 Å². The van der Waals surface area contributed by atoms with Gasteiger partial charge in [0, 0.05) is 26.4 Å². The number of methoxy groups -OCH3 is 1. The summed E-state index contributed by atoms with van der Waals surface area (Å²) in [5.41, 5.74) is 6.27. The van der Waals surface area contributed by atoms with E-state index in [4.69, 9.17) is 10.5 Å². The number of hydrogen-bond donors (Lipinski definition) is 1. The SMILES string of the molecule is CCn1nccc1C(C)(CN)OC. The van der Waals surface area contributed by atoms with Gasteiger partial charge in [0.1, 0.15) is 5.60 Å². The fraction of sp³-hybridized carbons (Fsp3) is 0.667. The van der Waals surface area contributed by atoms with Gasteiger partial charge in [-0.25, -0.2) is 0 Å². The largest absolute Gasteiger partial charge is 0.371 e. The summed E-state index contributed by atoms with van der Waals surface area (Å²) in [5.74, 6) is 0. The molecule has 1 heterocycles. The monoisotopic (exact) mass is 183 g/mol. The number of rotatable bonds is 4. The van der Waals surface area contributed by atoms with Crippen molar-refractivity contribution in [1.82, 2.24) is 9.78 Å². The Morgan fingerprint density at radius 1 is 1.69 bits per heavy atom. The van der Waals surface area contributed by atoms with Crippen molar-refractivity contribution in [3.8, 4) is 0 Å². The highest BCUT2D eigenvalue weighted by molar-refractivity contribution is 5.11. The van der Waals surface area contributed by atoms with Crippen molar-refractivity contribution in [3.05, 3.63) is 18.0 Å². The molecular formula is C9H17N3O. The number of aryl methyl sites for hydroxylation is 1. The van der Waals surface area contributed by atoms with Gasteiger partial charge in [0.05, 0.1) is 5.69 Å². The summed E-state index contributed by atoms with van der Waals surface area (Å²) < 4.78 is 7.29. The summed E-state index contributed by atoms with van der Waals surface area (Å²) in [4.78, 5) is 0. The summed E-state index contributed by atoms with van der Waals surface area (Å²) in [6.45, 7) is 5.30. The maximum atomic E-state index is 5.67. The molecule has 0 radical (unpaired) electrons. The van der Waals surface area contributed by atoms with E-state index >= 15 is 0 Å². The van der Waals surface area contributed by atoms with Gasteiger partial charge >= 0.3 is 0 Å². The molecule has 0 aliphatic rings. The van der Waals surface area contributed by atoms with Crippen LogP contribution in [0.5, 0.6) is 0 Å². The third-order valence-electron chi connectivity index (χ3n) is 2.40. The van der Waals surface area contributed by atoms with Gasteiger partial charge in [-0.15, -0.1) is 0 Å². The van der Waals surface area contributed by atoms with E-state index in [1.165, 1.54) is 0 Å². The molecule has 0 amide bonds. The lowest BCUT2D eigenvalue weighted by molar-refractivity contribution is 0.00265. The molecule has 74 valence electrons. The van der Waals surface area contributed by atoms with Crippen LogP contribution in [-0.4, -0.2) is 23.4 Å². The normalized spacial score (nSPS) is 15.7. The van der Waals surface area contributed by atoms with Gasteiger partial charge in [0.15, 0.2) is 0 Å². The van der Waals surface area contributed by atoms with Crippen molar-refractivity contribution in [2.45, 2.75) is 26.0 Å². The molecule has 0 spiro atoms. The summed E-state index contributed by atoms with van der Waals surface area (Å²) in [6, 6.07) is 1.94. The highest BCUT2D eigenvalue weighted by atomic mass is 16.5. The van der Waals surface area contributed by atoms with E-state index < -0.39 is 5.60 Å². The molecule has 0 aliphatic carbocycles. The third-order valence-corrected chi connectivity index (χ3v) is 2.40. The number of nitrogens with zero attached hydrogens (tertiary/aromatic N) is 2. The first kappa shape index (κ1) is 10.2. The molecule has 1 atom stereocenters.